The first-order valence-electron chi connectivity index (χ1n) is 6.43. The second-order valence-electron chi connectivity index (χ2n) is 4.90. The number of rotatable bonds is 5. The van der Waals surface area contributed by atoms with Gasteiger partial charge in [0, 0.05) is 30.6 Å². The normalized spacial score (nSPS) is 22.3. The van der Waals surface area contributed by atoms with Gasteiger partial charge in [-0.2, -0.15) is 0 Å². The van der Waals surface area contributed by atoms with E-state index in [1.807, 2.05) is 6.07 Å². The smallest absolute Gasteiger partial charge is 0.0931 e. The van der Waals surface area contributed by atoms with E-state index in [1.54, 1.807) is 11.3 Å². The van der Waals surface area contributed by atoms with Gasteiger partial charge in [-0.25, -0.2) is 0 Å². The summed E-state index contributed by atoms with van der Waals surface area (Å²) in [5, 5.41) is 0. The zero-order chi connectivity index (χ0) is 13.0. The third-order valence-electron chi connectivity index (χ3n) is 3.58. The highest BCUT2D eigenvalue weighted by molar-refractivity contribution is 7.16. The van der Waals surface area contributed by atoms with Gasteiger partial charge in [-0.15, -0.1) is 11.3 Å². The number of hydrogen-bond acceptors (Lipinski definition) is 4. The van der Waals surface area contributed by atoms with Crippen molar-refractivity contribution in [3.8, 4) is 0 Å². The monoisotopic (exact) mass is 288 g/mol. The van der Waals surface area contributed by atoms with Crippen molar-refractivity contribution in [3.05, 3.63) is 21.3 Å². The zero-order valence-corrected chi connectivity index (χ0v) is 12.3. The van der Waals surface area contributed by atoms with Crippen molar-refractivity contribution in [1.29, 1.82) is 0 Å². The molecule has 2 atom stereocenters. The van der Waals surface area contributed by atoms with E-state index in [2.05, 4.69) is 18.0 Å². The molecule has 1 aliphatic rings. The summed E-state index contributed by atoms with van der Waals surface area (Å²) in [5.74, 6) is 0.559. The lowest BCUT2D eigenvalue weighted by molar-refractivity contribution is 0.0158. The minimum Gasteiger partial charge on any atom is -0.381 e. The van der Waals surface area contributed by atoms with Crippen LogP contribution in [0.25, 0.3) is 0 Å². The third-order valence-corrected chi connectivity index (χ3v) is 4.80. The number of thiophene rings is 1. The van der Waals surface area contributed by atoms with Gasteiger partial charge in [-0.1, -0.05) is 11.6 Å². The Morgan fingerprint density at radius 3 is 3.00 bits per heavy atom. The fraction of sp³-hybridized carbons (Fsp3) is 0.692. The first-order valence-corrected chi connectivity index (χ1v) is 7.62. The van der Waals surface area contributed by atoms with Gasteiger partial charge in [0.15, 0.2) is 0 Å². The zero-order valence-electron chi connectivity index (χ0n) is 10.8. The number of nitrogens with zero attached hydrogens (tertiary/aromatic N) is 1. The number of likely N-dealkylation sites (N-methyl/N-ethyl adjacent to an activating group) is 1. The van der Waals surface area contributed by atoms with Crippen LogP contribution < -0.4 is 5.73 Å². The quantitative estimate of drug-likeness (QED) is 0.905. The maximum absolute atomic E-state index is 5.96. The van der Waals surface area contributed by atoms with E-state index in [-0.39, 0.29) is 0 Å². The van der Waals surface area contributed by atoms with Crippen molar-refractivity contribution < 1.29 is 4.74 Å². The van der Waals surface area contributed by atoms with Crippen LogP contribution in [-0.4, -0.2) is 37.7 Å². The molecule has 102 valence electrons. The van der Waals surface area contributed by atoms with E-state index >= 15 is 0 Å². The molecule has 0 aliphatic carbocycles. The summed E-state index contributed by atoms with van der Waals surface area (Å²) >= 11 is 7.60. The van der Waals surface area contributed by atoms with Crippen molar-refractivity contribution in [2.24, 2.45) is 11.7 Å². The molecular formula is C13H21ClN2OS. The molecule has 1 saturated heterocycles. The summed E-state index contributed by atoms with van der Waals surface area (Å²) in [6.45, 7) is 3.34. The molecule has 2 N–H and O–H groups in total. The van der Waals surface area contributed by atoms with Crippen LogP contribution in [-0.2, 0) is 11.3 Å². The van der Waals surface area contributed by atoms with Crippen LogP contribution >= 0.6 is 22.9 Å². The standard InChI is InChI=1S/C13H21ClN2OS/c1-16(8-11-4-5-13(14)18-11)12(7-15)10-3-2-6-17-9-10/h4-5,10,12H,2-3,6-9,15H2,1H3. The first-order chi connectivity index (χ1) is 8.70. The third kappa shape index (κ3) is 3.68. The van der Waals surface area contributed by atoms with Crippen molar-refractivity contribution in [3.63, 3.8) is 0 Å². The molecule has 1 aromatic heterocycles. The molecule has 1 aromatic rings. The molecule has 2 heterocycles. The Bertz CT molecular complexity index is 366. The first kappa shape index (κ1) is 14.3. The van der Waals surface area contributed by atoms with E-state index in [0.29, 0.717) is 18.5 Å². The van der Waals surface area contributed by atoms with Crippen molar-refractivity contribution >= 4 is 22.9 Å². The largest absolute Gasteiger partial charge is 0.381 e. The van der Waals surface area contributed by atoms with Crippen LogP contribution in [0.3, 0.4) is 0 Å². The summed E-state index contributed by atoms with van der Waals surface area (Å²) in [4.78, 5) is 3.62. The molecule has 0 saturated carbocycles. The topological polar surface area (TPSA) is 38.5 Å². The number of ether oxygens (including phenoxy) is 1. The Labute approximate surface area is 118 Å². The highest BCUT2D eigenvalue weighted by Crippen LogP contribution is 2.25. The average Bonchev–Trinajstić information content (AvgIpc) is 2.77. The van der Waals surface area contributed by atoms with Gasteiger partial charge in [0.2, 0.25) is 0 Å². The SMILES string of the molecule is CN(Cc1ccc(Cl)s1)C(CN)C1CCCOC1. The fourth-order valence-electron chi connectivity index (χ4n) is 2.60. The highest BCUT2D eigenvalue weighted by Gasteiger charge is 2.26. The Morgan fingerprint density at radius 2 is 2.44 bits per heavy atom. The molecule has 0 spiro atoms. The molecule has 1 aliphatic heterocycles. The summed E-state index contributed by atoms with van der Waals surface area (Å²) in [5.41, 5.74) is 5.94. The second-order valence-corrected chi connectivity index (χ2v) is 6.70. The molecule has 2 rings (SSSR count). The maximum Gasteiger partial charge on any atom is 0.0931 e. The minimum atomic E-state index is 0.395. The fourth-order valence-corrected chi connectivity index (χ4v) is 3.75. The van der Waals surface area contributed by atoms with Crippen LogP contribution in [0, 0.1) is 5.92 Å². The van der Waals surface area contributed by atoms with Crippen molar-refractivity contribution in [2.45, 2.75) is 25.4 Å². The molecule has 0 bridgehead atoms. The van der Waals surface area contributed by atoms with Crippen LogP contribution in [0.2, 0.25) is 4.34 Å². The van der Waals surface area contributed by atoms with Crippen molar-refractivity contribution in [1.82, 2.24) is 4.90 Å². The summed E-state index contributed by atoms with van der Waals surface area (Å²) in [7, 11) is 2.14. The van der Waals surface area contributed by atoms with E-state index < -0.39 is 0 Å². The van der Waals surface area contributed by atoms with Gasteiger partial charge >= 0.3 is 0 Å². The molecule has 0 radical (unpaired) electrons. The molecular weight excluding hydrogens is 268 g/mol. The molecule has 2 unspecified atom stereocenters. The van der Waals surface area contributed by atoms with Gasteiger partial charge in [-0.3, -0.25) is 4.90 Å². The number of halogens is 1. The lowest BCUT2D eigenvalue weighted by Crippen LogP contribution is -2.45. The minimum absolute atomic E-state index is 0.395. The highest BCUT2D eigenvalue weighted by atomic mass is 35.5. The maximum atomic E-state index is 5.96. The van der Waals surface area contributed by atoms with Crippen LogP contribution in [0.4, 0.5) is 0 Å². The molecule has 0 aromatic carbocycles. The second kappa shape index (κ2) is 6.87. The molecule has 18 heavy (non-hydrogen) atoms. The average molecular weight is 289 g/mol. The van der Waals surface area contributed by atoms with Gasteiger partial charge < -0.3 is 10.5 Å². The van der Waals surface area contributed by atoms with E-state index in [9.17, 15) is 0 Å². The Morgan fingerprint density at radius 1 is 1.61 bits per heavy atom. The lowest BCUT2D eigenvalue weighted by Gasteiger charge is -2.35. The Hall–Kier alpha value is -0.130. The van der Waals surface area contributed by atoms with Gasteiger partial charge in [-0.05, 0) is 37.9 Å². The van der Waals surface area contributed by atoms with Gasteiger partial charge in [0.1, 0.15) is 0 Å². The van der Waals surface area contributed by atoms with Crippen LogP contribution in [0.15, 0.2) is 12.1 Å². The van der Waals surface area contributed by atoms with Gasteiger partial charge in [0.25, 0.3) is 0 Å². The van der Waals surface area contributed by atoms with Gasteiger partial charge in [0.05, 0.1) is 10.9 Å². The van der Waals surface area contributed by atoms with E-state index in [0.717, 1.165) is 30.5 Å². The summed E-state index contributed by atoms with van der Waals surface area (Å²) in [6.07, 6.45) is 2.37. The molecule has 3 nitrogen and oxygen atoms in total. The molecule has 1 fully saturated rings. The molecule has 0 amide bonds. The van der Waals surface area contributed by atoms with Crippen LogP contribution in [0.1, 0.15) is 17.7 Å². The van der Waals surface area contributed by atoms with Crippen LogP contribution in [0.5, 0.6) is 0 Å². The predicted octanol–water partition coefficient (Wildman–Crippen LogP) is 2.59. The summed E-state index contributed by atoms with van der Waals surface area (Å²) < 4.78 is 6.42. The number of nitrogens with two attached hydrogens (primary N) is 1. The van der Waals surface area contributed by atoms with E-state index in [1.165, 1.54) is 11.3 Å². The predicted molar refractivity (Wildman–Crippen MR) is 77.2 cm³/mol. The molecule has 5 heteroatoms. The summed E-state index contributed by atoms with van der Waals surface area (Å²) in [6, 6.07) is 4.44. The lowest BCUT2D eigenvalue weighted by atomic mass is 9.92. The Kier molecular flexibility index (Phi) is 5.45. The number of hydrogen-bond donors (Lipinski definition) is 1. The van der Waals surface area contributed by atoms with E-state index in [4.69, 9.17) is 22.1 Å². The van der Waals surface area contributed by atoms with Crippen molar-refractivity contribution in [2.75, 3.05) is 26.8 Å². The Balaban J connectivity index is 1.93.